The molecule has 1 aromatic heterocycles. The molecule has 112 valence electrons. The van der Waals surface area contributed by atoms with Crippen LogP contribution < -0.4 is 10.6 Å². The van der Waals surface area contributed by atoms with Crippen molar-refractivity contribution in [2.45, 2.75) is 57.9 Å². The molecule has 1 aliphatic rings. The van der Waals surface area contributed by atoms with Crippen LogP contribution in [0.3, 0.4) is 0 Å². The molecule has 0 aliphatic heterocycles. The molecule has 0 bridgehead atoms. The maximum atomic E-state index is 9.78. The zero-order chi connectivity index (χ0) is 14.4. The van der Waals surface area contributed by atoms with Crippen LogP contribution in [0.4, 0.5) is 11.8 Å². The number of rotatable bonds is 6. The molecule has 5 heteroatoms. The highest BCUT2D eigenvalue weighted by atomic mass is 16.3. The minimum atomic E-state index is -0.209. The summed E-state index contributed by atoms with van der Waals surface area (Å²) >= 11 is 0. The summed E-state index contributed by atoms with van der Waals surface area (Å²) in [5.41, 5.74) is 0.810. The fraction of sp³-hybridized carbons (Fsp3) is 0.733. The van der Waals surface area contributed by atoms with E-state index in [2.05, 4.69) is 27.5 Å². The van der Waals surface area contributed by atoms with Gasteiger partial charge in [0.1, 0.15) is 5.82 Å². The van der Waals surface area contributed by atoms with Crippen LogP contribution in [0.5, 0.6) is 0 Å². The van der Waals surface area contributed by atoms with Crippen molar-refractivity contribution in [2.24, 2.45) is 0 Å². The quantitative estimate of drug-likeness (QED) is 0.746. The zero-order valence-electron chi connectivity index (χ0n) is 12.6. The second kappa shape index (κ2) is 6.88. The summed E-state index contributed by atoms with van der Waals surface area (Å²) in [4.78, 5) is 8.85. The van der Waals surface area contributed by atoms with Gasteiger partial charge in [-0.1, -0.05) is 26.2 Å². The second-order valence-electron chi connectivity index (χ2n) is 5.78. The summed E-state index contributed by atoms with van der Waals surface area (Å²) in [5.74, 6) is 1.50. The van der Waals surface area contributed by atoms with Crippen LogP contribution in [0.25, 0.3) is 0 Å². The molecule has 0 unspecified atom stereocenters. The van der Waals surface area contributed by atoms with Crippen LogP contribution in [-0.2, 0) is 0 Å². The summed E-state index contributed by atoms with van der Waals surface area (Å²) in [5, 5.41) is 16.5. The predicted molar refractivity (Wildman–Crippen MR) is 82.1 cm³/mol. The van der Waals surface area contributed by atoms with Crippen molar-refractivity contribution in [3.8, 4) is 0 Å². The number of aliphatic hydroxyl groups excluding tert-OH is 1. The van der Waals surface area contributed by atoms with Crippen molar-refractivity contribution in [1.29, 1.82) is 0 Å². The van der Waals surface area contributed by atoms with Crippen molar-refractivity contribution in [1.82, 2.24) is 9.97 Å². The Morgan fingerprint density at radius 3 is 2.70 bits per heavy atom. The fourth-order valence-corrected chi connectivity index (χ4v) is 2.69. The van der Waals surface area contributed by atoms with Crippen LogP contribution in [0.2, 0.25) is 0 Å². The predicted octanol–water partition coefficient (Wildman–Crippen LogP) is 2.71. The van der Waals surface area contributed by atoms with Crippen molar-refractivity contribution < 1.29 is 5.11 Å². The van der Waals surface area contributed by atoms with Crippen molar-refractivity contribution in [3.05, 3.63) is 11.8 Å². The zero-order valence-corrected chi connectivity index (χ0v) is 12.6. The van der Waals surface area contributed by atoms with E-state index in [4.69, 9.17) is 0 Å². The number of aryl methyl sites for hydroxylation is 1. The Morgan fingerprint density at radius 2 is 2.05 bits per heavy atom. The van der Waals surface area contributed by atoms with E-state index in [-0.39, 0.29) is 12.1 Å². The third kappa shape index (κ3) is 3.60. The van der Waals surface area contributed by atoms with Gasteiger partial charge in [0.25, 0.3) is 0 Å². The average Bonchev–Trinajstić information content (AvgIpc) is 2.49. The molecule has 1 heterocycles. The molecule has 0 aromatic carbocycles. The molecule has 1 fully saturated rings. The van der Waals surface area contributed by atoms with Gasteiger partial charge in [-0.2, -0.15) is 4.98 Å². The molecule has 0 amide bonds. The van der Waals surface area contributed by atoms with E-state index in [1.54, 1.807) is 0 Å². The smallest absolute Gasteiger partial charge is 0.224 e. The molecule has 2 rings (SSSR count). The highest BCUT2D eigenvalue weighted by Crippen LogP contribution is 2.31. The Hall–Kier alpha value is -1.36. The number of aliphatic hydroxyl groups is 1. The Kier molecular flexibility index (Phi) is 5.17. The lowest BCUT2D eigenvalue weighted by molar-refractivity contribution is 0.172. The lowest BCUT2D eigenvalue weighted by atomic mass is 9.82. The van der Waals surface area contributed by atoms with E-state index >= 15 is 0 Å². The van der Waals surface area contributed by atoms with Gasteiger partial charge in [0.05, 0.1) is 12.1 Å². The minimum Gasteiger partial charge on any atom is -0.394 e. The van der Waals surface area contributed by atoms with Crippen LogP contribution in [0.1, 0.15) is 51.0 Å². The maximum Gasteiger partial charge on any atom is 0.224 e. The summed E-state index contributed by atoms with van der Waals surface area (Å²) in [6, 6.07) is 0. The van der Waals surface area contributed by atoms with Gasteiger partial charge in [0.15, 0.2) is 0 Å². The second-order valence-corrected chi connectivity index (χ2v) is 5.78. The van der Waals surface area contributed by atoms with Crippen molar-refractivity contribution >= 4 is 11.8 Å². The first-order chi connectivity index (χ1) is 9.69. The van der Waals surface area contributed by atoms with Crippen molar-refractivity contribution in [3.63, 3.8) is 0 Å². The SMILES string of the molecule is CCCNc1ncc(C)c(NC2(CO)CCCCC2)n1. The molecular weight excluding hydrogens is 252 g/mol. The Morgan fingerprint density at radius 1 is 1.30 bits per heavy atom. The Labute approximate surface area is 121 Å². The number of hydrogen-bond donors (Lipinski definition) is 3. The first-order valence-corrected chi connectivity index (χ1v) is 7.66. The van der Waals surface area contributed by atoms with Gasteiger partial charge in [-0.05, 0) is 26.2 Å². The van der Waals surface area contributed by atoms with Gasteiger partial charge in [0.2, 0.25) is 5.95 Å². The Bertz CT molecular complexity index is 430. The highest BCUT2D eigenvalue weighted by Gasteiger charge is 2.32. The number of aromatic nitrogens is 2. The summed E-state index contributed by atoms with van der Waals surface area (Å²) in [7, 11) is 0. The number of nitrogens with one attached hydrogen (secondary N) is 2. The topological polar surface area (TPSA) is 70.1 Å². The largest absolute Gasteiger partial charge is 0.394 e. The molecule has 0 radical (unpaired) electrons. The van der Waals surface area contributed by atoms with Gasteiger partial charge < -0.3 is 15.7 Å². The van der Waals surface area contributed by atoms with Crippen LogP contribution in [0.15, 0.2) is 6.20 Å². The first-order valence-electron chi connectivity index (χ1n) is 7.66. The van der Waals surface area contributed by atoms with Crippen LogP contribution in [-0.4, -0.2) is 33.8 Å². The fourth-order valence-electron chi connectivity index (χ4n) is 2.69. The average molecular weight is 278 g/mol. The molecule has 0 saturated heterocycles. The van der Waals surface area contributed by atoms with Crippen LogP contribution >= 0.6 is 0 Å². The van der Waals surface area contributed by atoms with Gasteiger partial charge in [0, 0.05) is 18.3 Å². The molecule has 3 N–H and O–H groups in total. The van der Waals surface area contributed by atoms with E-state index in [0.717, 1.165) is 37.2 Å². The lowest BCUT2D eigenvalue weighted by Gasteiger charge is -2.37. The third-order valence-corrected chi connectivity index (χ3v) is 4.00. The summed E-state index contributed by atoms with van der Waals surface area (Å²) in [6.07, 6.45) is 8.48. The van der Waals surface area contributed by atoms with E-state index in [9.17, 15) is 5.11 Å². The molecule has 1 aromatic rings. The van der Waals surface area contributed by atoms with Gasteiger partial charge in [-0.25, -0.2) is 4.98 Å². The monoisotopic (exact) mass is 278 g/mol. The highest BCUT2D eigenvalue weighted by molar-refractivity contribution is 5.48. The first kappa shape index (κ1) is 15.0. The Balaban J connectivity index is 2.13. The standard InChI is InChI=1S/C15H26N4O/c1-3-9-16-14-17-10-12(2)13(18-14)19-15(11-20)7-5-4-6-8-15/h10,20H,3-9,11H2,1-2H3,(H2,16,17,18,19). The van der Waals surface area contributed by atoms with E-state index in [1.807, 2.05) is 13.1 Å². The van der Waals surface area contributed by atoms with Crippen molar-refractivity contribution in [2.75, 3.05) is 23.8 Å². The molecule has 1 aliphatic carbocycles. The van der Waals surface area contributed by atoms with Crippen LogP contribution in [0, 0.1) is 6.92 Å². The number of anilines is 2. The van der Waals surface area contributed by atoms with E-state index < -0.39 is 0 Å². The molecule has 0 atom stereocenters. The molecular formula is C15H26N4O. The van der Waals surface area contributed by atoms with E-state index in [0.29, 0.717) is 5.95 Å². The molecule has 20 heavy (non-hydrogen) atoms. The molecule has 0 spiro atoms. The van der Waals surface area contributed by atoms with Gasteiger partial charge in [-0.3, -0.25) is 0 Å². The summed E-state index contributed by atoms with van der Waals surface area (Å²) in [6.45, 7) is 5.14. The normalized spacial score (nSPS) is 17.8. The number of hydrogen-bond acceptors (Lipinski definition) is 5. The van der Waals surface area contributed by atoms with Gasteiger partial charge >= 0.3 is 0 Å². The summed E-state index contributed by atoms with van der Waals surface area (Å²) < 4.78 is 0. The maximum absolute atomic E-state index is 9.78. The third-order valence-electron chi connectivity index (χ3n) is 4.00. The lowest BCUT2D eigenvalue weighted by Crippen LogP contribution is -2.44. The van der Waals surface area contributed by atoms with E-state index in [1.165, 1.54) is 19.3 Å². The minimum absolute atomic E-state index is 0.161. The van der Waals surface area contributed by atoms with Gasteiger partial charge in [-0.15, -0.1) is 0 Å². The number of nitrogens with zero attached hydrogens (tertiary/aromatic N) is 2. The molecule has 5 nitrogen and oxygen atoms in total. The molecule has 1 saturated carbocycles.